The number of aromatic amines is 2. The third-order valence-electron chi connectivity index (χ3n) is 2.68. The van der Waals surface area contributed by atoms with Crippen molar-refractivity contribution >= 4 is 11.2 Å². The number of nitrogens with one attached hydrogen (secondary N) is 2. The average Bonchev–Trinajstić information content (AvgIpc) is 2.94. The molecule has 7 nitrogen and oxygen atoms in total. The molecule has 2 aromatic rings. The Bertz CT molecular complexity index is 630. The lowest BCUT2D eigenvalue weighted by molar-refractivity contribution is -0.728. The van der Waals surface area contributed by atoms with Crippen LogP contribution >= 0.6 is 0 Å². The molecule has 1 aliphatic rings. The Morgan fingerprint density at radius 1 is 1.47 bits per heavy atom. The van der Waals surface area contributed by atoms with Crippen molar-refractivity contribution in [2.45, 2.75) is 12.3 Å². The van der Waals surface area contributed by atoms with Crippen LogP contribution in [0.15, 0.2) is 29.6 Å². The zero-order chi connectivity index (χ0) is 11.8. The lowest BCUT2D eigenvalue weighted by Gasteiger charge is -2.09. The molecule has 0 bridgehead atoms. The normalized spacial score (nSPS) is 23.6. The first-order valence-electron chi connectivity index (χ1n) is 5.20. The van der Waals surface area contributed by atoms with Crippen LogP contribution in [0.2, 0.25) is 0 Å². The molecule has 0 aromatic carbocycles. The van der Waals surface area contributed by atoms with Crippen LogP contribution in [0.3, 0.4) is 0 Å². The summed E-state index contributed by atoms with van der Waals surface area (Å²) in [6.45, 7) is -0.0655. The number of hydrogen-bond donors (Lipinski definition) is 3. The quantitative estimate of drug-likeness (QED) is 0.459. The highest BCUT2D eigenvalue weighted by Crippen LogP contribution is 2.16. The molecule has 0 saturated carbocycles. The smallest absolute Gasteiger partial charge is 0.311 e. The van der Waals surface area contributed by atoms with E-state index < -0.39 is 0 Å². The standard InChI is InChI=1S/C10H10N4O3/c15-3-6-1-2-7(17-6)14-5-13-8-9(14)11-4-12-10(8)16/h1-2,4-7,15H,3H2,(H,11,12,16)/p+1. The van der Waals surface area contributed by atoms with Gasteiger partial charge in [-0.2, -0.15) is 0 Å². The highest BCUT2D eigenvalue weighted by molar-refractivity contribution is 5.63. The maximum atomic E-state index is 11.5. The van der Waals surface area contributed by atoms with Crippen LogP contribution < -0.4 is 10.1 Å². The number of nitrogens with zero attached hydrogens (tertiary/aromatic N) is 2. The van der Waals surface area contributed by atoms with E-state index in [1.807, 2.05) is 6.08 Å². The molecular formula is C10H11N4O3+. The molecule has 17 heavy (non-hydrogen) atoms. The first-order chi connectivity index (χ1) is 8.29. The molecule has 88 valence electrons. The second kappa shape index (κ2) is 3.79. The fourth-order valence-corrected chi connectivity index (χ4v) is 1.86. The summed E-state index contributed by atoms with van der Waals surface area (Å²) in [6.07, 6.45) is 5.91. The van der Waals surface area contributed by atoms with E-state index in [1.54, 1.807) is 17.0 Å². The molecule has 0 saturated heterocycles. The van der Waals surface area contributed by atoms with E-state index in [1.165, 1.54) is 6.33 Å². The molecule has 2 aromatic heterocycles. The number of aliphatic hydroxyl groups excluding tert-OH is 1. The second-order valence-corrected chi connectivity index (χ2v) is 3.74. The fourth-order valence-electron chi connectivity index (χ4n) is 1.86. The Labute approximate surface area is 95.4 Å². The van der Waals surface area contributed by atoms with E-state index >= 15 is 0 Å². The van der Waals surface area contributed by atoms with Crippen molar-refractivity contribution in [1.29, 1.82) is 0 Å². The number of imidazole rings is 1. The minimum atomic E-state index is -0.352. The Kier molecular flexibility index (Phi) is 2.27. The topological polar surface area (TPSA) is 94.9 Å². The van der Waals surface area contributed by atoms with E-state index in [0.29, 0.717) is 11.2 Å². The third kappa shape index (κ3) is 1.56. The fraction of sp³-hybridized carbons (Fsp3) is 0.300. The minimum absolute atomic E-state index is 0.0655. The molecule has 7 heteroatoms. The van der Waals surface area contributed by atoms with Gasteiger partial charge in [0, 0.05) is 0 Å². The van der Waals surface area contributed by atoms with Crippen LogP contribution in [0.1, 0.15) is 6.23 Å². The maximum absolute atomic E-state index is 11.5. The number of H-pyrrole nitrogens is 2. The van der Waals surface area contributed by atoms with Gasteiger partial charge in [0.2, 0.25) is 11.7 Å². The van der Waals surface area contributed by atoms with Crippen LogP contribution in [-0.4, -0.2) is 32.8 Å². The van der Waals surface area contributed by atoms with Crippen LogP contribution in [-0.2, 0) is 4.74 Å². The number of aliphatic hydroxyl groups is 1. The first kappa shape index (κ1) is 10.2. The monoisotopic (exact) mass is 235 g/mol. The van der Waals surface area contributed by atoms with Crippen LogP contribution in [0.25, 0.3) is 11.2 Å². The molecule has 0 fully saturated rings. The highest BCUT2D eigenvalue weighted by Gasteiger charge is 2.26. The minimum Gasteiger partial charge on any atom is -0.393 e. The predicted molar refractivity (Wildman–Crippen MR) is 57.0 cm³/mol. The number of fused-ring (bicyclic) bond motifs is 1. The molecule has 0 spiro atoms. The van der Waals surface area contributed by atoms with Gasteiger partial charge in [-0.15, -0.1) is 0 Å². The molecule has 2 atom stereocenters. The summed E-state index contributed by atoms with van der Waals surface area (Å²) < 4.78 is 7.24. The molecule has 3 rings (SSSR count). The zero-order valence-electron chi connectivity index (χ0n) is 8.83. The van der Waals surface area contributed by atoms with Crippen molar-refractivity contribution in [1.82, 2.24) is 15.0 Å². The SMILES string of the molecule is O=c1[nH]cnc2c1[nH]c[n+]2C1C=CC(CO)O1. The van der Waals surface area contributed by atoms with E-state index in [-0.39, 0.29) is 24.5 Å². The van der Waals surface area contributed by atoms with Crippen molar-refractivity contribution < 1.29 is 14.4 Å². The molecule has 0 amide bonds. The van der Waals surface area contributed by atoms with Gasteiger partial charge in [0.1, 0.15) is 6.10 Å². The summed E-state index contributed by atoms with van der Waals surface area (Å²) >= 11 is 0. The van der Waals surface area contributed by atoms with Gasteiger partial charge in [-0.25, -0.2) is 4.57 Å². The summed E-state index contributed by atoms with van der Waals surface area (Å²) in [5, 5.41) is 8.97. The Hall–Kier alpha value is -1.99. The van der Waals surface area contributed by atoms with Gasteiger partial charge in [-0.3, -0.25) is 14.8 Å². The van der Waals surface area contributed by atoms with Crippen LogP contribution in [0, 0.1) is 0 Å². The molecule has 3 N–H and O–H groups in total. The second-order valence-electron chi connectivity index (χ2n) is 3.74. The Morgan fingerprint density at radius 2 is 2.35 bits per heavy atom. The Balaban J connectivity index is 2.05. The number of aromatic nitrogens is 4. The van der Waals surface area contributed by atoms with Crippen LogP contribution in [0.5, 0.6) is 0 Å². The van der Waals surface area contributed by atoms with Gasteiger partial charge in [-0.05, 0) is 6.08 Å². The lowest BCUT2D eigenvalue weighted by atomic mass is 10.4. The van der Waals surface area contributed by atoms with Gasteiger partial charge < -0.3 is 9.84 Å². The molecular weight excluding hydrogens is 224 g/mol. The molecule has 1 aliphatic heterocycles. The first-order valence-corrected chi connectivity index (χ1v) is 5.20. The van der Waals surface area contributed by atoms with Crippen molar-refractivity contribution in [2.24, 2.45) is 0 Å². The molecule has 0 aliphatic carbocycles. The number of rotatable bonds is 2. The summed E-state index contributed by atoms with van der Waals surface area (Å²) in [5.74, 6) is 0. The summed E-state index contributed by atoms with van der Waals surface area (Å²) in [6, 6.07) is 0. The van der Waals surface area contributed by atoms with Gasteiger partial charge in [0.25, 0.3) is 5.56 Å². The molecule has 2 unspecified atom stereocenters. The van der Waals surface area contributed by atoms with E-state index in [4.69, 9.17) is 9.84 Å². The predicted octanol–water partition coefficient (Wildman–Crippen LogP) is -1.02. The Morgan fingerprint density at radius 3 is 3.12 bits per heavy atom. The lowest BCUT2D eigenvalue weighted by Crippen LogP contribution is -2.39. The van der Waals surface area contributed by atoms with Gasteiger partial charge in [0.05, 0.1) is 6.61 Å². The van der Waals surface area contributed by atoms with E-state index in [0.717, 1.165) is 0 Å². The number of hydrogen-bond acceptors (Lipinski definition) is 4. The van der Waals surface area contributed by atoms with E-state index in [9.17, 15) is 4.79 Å². The summed E-state index contributed by atoms with van der Waals surface area (Å²) in [5.41, 5.74) is 0.688. The molecule has 0 radical (unpaired) electrons. The van der Waals surface area contributed by atoms with Crippen molar-refractivity contribution in [3.63, 3.8) is 0 Å². The van der Waals surface area contributed by atoms with Crippen molar-refractivity contribution in [2.75, 3.05) is 6.61 Å². The van der Waals surface area contributed by atoms with Gasteiger partial charge in [0.15, 0.2) is 12.7 Å². The summed E-state index contributed by atoms with van der Waals surface area (Å²) in [4.78, 5) is 20.9. The van der Waals surface area contributed by atoms with Crippen molar-refractivity contribution in [3.05, 3.63) is 35.2 Å². The number of ether oxygens (including phenoxy) is 1. The summed E-state index contributed by atoms with van der Waals surface area (Å²) in [7, 11) is 0. The molecule has 3 heterocycles. The van der Waals surface area contributed by atoms with Crippen molar-refractivity contribution in [3.8, 4) is 0 Å². The van der Waals surface area contributed by atoms with E-state index in [2.05, 4.69) is 15.0 Å². The maximum Gasteiger partial charge on any atom is 0.311 e. The largest absolute Gasteiger partial charge is 0.393 e. The third-order valence-corrected chi connectivity index (χ3v) is 2.68. The van der Waals surface area contributed by atoms with Gasteiger partial charge in [-0.1, -0.05) is 11.1 Å². The average molecular weight is 235 g/mol. The van der Waals surface area contributed by atoms with Crippen LogP contribution in [0.4, 0.5) is 0 Å². The zero-order valence-corrected chi connectivity index (χ0v) is 8.83. The van der Waals surface area contributed by atoms with Gasteiger partial charge >= 0.3 is 5.65 Å². The highest BCUT2D eigenvalue weighted by atomic mass is 16.5.